The summed E-state index contributed by atoms with van der Waals surface area (Å²) in [5, 5.41) is 7.67. The van der Waals surface area contributed by atoms with Gasteiger partial charge in [-0.05, 0) is 12.3 Å². The van der Waals surface area contributed by atoms with E-state index in [1.807, 2.05) is 20.8 Å². The number of nitrogens with two attached hydrogens (primary N) is 1. The Morgan fingerprint density at radius 1 is 1.35 bits per heavy atom. The molecule has 0 saturated carbocycles. The first-order chi connectivity index (χ1) is 7.77. The lowest BCUT2D eigenvalue weighted by atomic mass is 10.2. The topological polar surface area (TPSA) is 90.9 Å². The van der Waals surface area contributed by atoms with Crippen LogP contribution in [-0.4, -0.2) is 29.4 Å². The summed E-state index contributed by atoms with van der Waals surface area (Å²) >= 11 is 0. The first kappa shape index (κ1) is 14.1. The first-order valence-electron chi connectivity index (χ1n) is 5.66. The standard InChI is InChI=1S/C10H20N4O2S/c1-5-8(11)9-12-13-10(17(4,15)16)14(9)6-7(2)3/h7-8H,5-6,11H2,1-4H3. The van der Waals surface area contributed by atoms with E-state index < -0.39 is 9.84 Å². The first-order valence-corrected chi connectivity index (χ1v) is 7.55. The molecule has 0 aliphatic heterocycles. The Kier molecular flexibility index (Phi) is 4.26. The van der Waals surface area contributed by atoms with Crippen LogP contribution in [0.15, 0.2) is 5.16 Å². The van der Waals surface area contributed by atoms with Crippen molar-refractivity contribution in [3.63, 3.8) is 0 Å². The van der Waals surface area contributed by atoms with E-state index in [-0.39, 0.29) is 11.2 Å². The summed E-state index contributed by atoms with van der Waals surface area (Å²) < 4.78 is 24.8. The second-order valence-corrected chi connectivity index (χ2v) is 6.54. The summed E-state index contributed by atoms with van der Waals surface area (Å²) in [7, 11) is -3.37. The van der Waals surface area contributed by atoms with Gasteiger partial charge in [0.1, 0.15) is 0 Å². The van der Waals surface area contributed by atoms with Crippen LogP contribution in [0.4, 0.5) is 0 Å². The summed E-state index contributed by atoms with van der Waals surface area (Å²) in [4.78, 5) is 0. The van der Waals surface area contributed by atoms with Gasteiger partial charge in [0.25, 0.3) is 0 Å². The quantitative estimate of drug-likeness (QED) is 0.843. The smallest absolute Gasteiger partial charge is 0.249 e. The molecule has 7 heteroatoms. The molecule has 1 unspecified atom stereocenters. The van der Waals surface area contributed by atoms with Gasteiger partial charge in [-0.3, -0.25) is 0 Å². The molecule has 1 aromatic rings. The minimum atomic E-state index is -3.37. The van der Waals surface area contributed by atoms with Crippen LogP contribution in [0.1, 0.15) is 39.1 Å². The Bertz CT molecular complexity index is 478. The second kappa shape index (κ2) is 5.14. The summed E-state index contributed by atoms with van der Waals surface area (Å²) in [6.45, 7) is 6.50. The fraction of sp³-hybridized carbons (Fsp3) is 0.800. The van der Waals surface area contributed by atoms with Gasteiger partial charge in [-0.2, -0.15) is 0 Å². The highest BCUT2D eigenvalue weighted by Crippen LogP contribution is 2.17. The highest BCUT2D eigenvalue weighted by atomic mass is 32.2. The van der Waals surface area contributed by atoms with Gasteiger partial charge in [0.15, 0.2) is 5.82 Å². The van der Waals surface area contributed by atoms with Gasteiger partial charge in [-0.15, -0.1) is 10.2 Å². The minimum absolute atomic E-state index is 0.00472. The number of hydrogen-bond donors (Lipinski definition) is 1. The molecule has 0 spiro atoms. The Labute approximate surface area is 102 Å². The van der Waals surface area contributed by atoms with E-state index in [1.165, 1.54) is 0 Å². The Morgan fingerprint density at radius 3 is 2.35 bits per heavy atom. The van der Waals surface area contributed by atoms with Crippen molar-refractivity contribution in [1.82, 2.24) is 14.8 Å². The molecule has 0 aliphatic carbocycles. The van der Waals surface area contributed by atoms with Crippen molar-refractivity contribution in [2.45, 2.75) is 44.9 Å². The molecule has 0 fully saturated rings. The molecule has 0 radical (unpaired) electrons. The average molecular weight is 260 g/mol. The third-order valence-corrected chi connectivity index (χ3v) is 3.36. The normalized spacial score (nSPS) is 14.2. The number of rotatable bonds is 5. The van der Waals surface area contributed by atoms with Gasteiger partial charge in [0, 0.05) is 12.8 Å². The zero-order chi connectivity index (χ0) is 13.2. The van der Waals surface area contributed by atoms with Crippen LogP contribution < -0.4 is 5.73 Å². The summed E-state index contributed by atoms with van der Waals surface area (Å²) in [5.41, 5.74) is 5.91. The lowest BCUT2D eigenvalue weighted by Gasteiger charge is -2.14. The molecular formula is C10H20N4O2S. The maximum atomic E-state index is 11.6. The molecule has 0 saturated heterocycles. The minimum Gasteiger partial charge on any atom is -0.321 e. The number of nitrogens with zero attached hydrogens (tertiary/aromatic N) is 3. The maximum absolute atomic E-state index is 11.6. The van der Waals surface area contributed by atoms with Crippen molar-refractivity contribution in [1.29, 1.82) is 0 Å². The predicted molar refractivity (Wildman–Crippen MR) is 65.2 cm³/mol. The van der Waals surface area contributed by atoms with Gasteiger partial charge < -0.3 is 10.3 Å². The molecule has 1 aromatic heterocycles. The van der Waals surface area contributed by atoms with Gasteiger partial charge in [-0.25, -0.2) is 8.42 Å². The van der Waals surface area contributed by atoms with Crippen LogP contribution >= 0.6 is 0 Å². The van der Waals surface area contributed by atoms with E-state index in [0.717, 1.165) is 6.26 Å². The van der Waals surface area contributed by atoms with Crippen molar-refractivity contribution in [3.05, 3.63) is 5.82 Å². The van der Waals surface area contributed by atoms with E-state index in [4.69, 9.17) is 5.73 Å². The summed E-state index contributed by atoms with van der Waals surface area (Å²) in [6, 6.07) is -0.281. The highest BCUT2D eigenvalue weighted by Gasteiger charge is 2.23. The van der Waals surface area contributed by atoms with Gasteiger partial charge in [0.2, 0.25) is 15.0 Å². The van der Waals surface area contributed by atoms with Crippen molar-refractivity contribution in [2.24, 2.45) is 11.7 Å². The fourth-order valence-electron chi connectivity index (χ4n) is 1.57. The van der Waals surface area contributed by atoms with E-state index in [2.05, 4.69) is 10.2 Å². The molecule has 0 bridgehead atoms. The Balaban J connectivity index is 3.30. The average Bonchev–Trinajstić information content (AvgIpc) is 2.58. The number of sulfone groups is 1. The van der Waals surface area contributed by atoms with E-state index in [9.17, 15) is 8.42 Å². The highest BCUT2D eigenvalue weighted by molar-refractivity contribution is 7.90. The molecule has 1 atom stereocenters. The van der Waals surface area contributed by atoms with Gasteiger partial charge in [-0.1, -0.05) is 20.8 Å². The van der Waals surface area contributed by atoms with Crippen LogP contribution in [0, 0.1) is 5.92 Å². The van der Waals surface area contributed by atoms with Crippen molar-refractivity contribution in [2.75, 3.05) is 6.26 Å². The van der Waals surface area contributed by atoms with Gasteiger partial charge >= 0.3 is 0 Å². The molecule has 1 heterocycles. The number of aromatic nitrogens is 3. The lowest BCUT2D eigenvalue weighted by molar-refractivity contribution is 0.454. The van der Waals surface area contributed by atoms with Crippen LogP contribution in [-0.2, 0) is 16.4 Å². The third kappa shape index (κ3) is 3.26. The Hall–Kier alpha value is -0.950. The molecule has 98 valence electrons. The molecule has 17 heavy (non-hydrogen) atoms. The fourth-order valence-corrected chi connectivity index (χ4v) is 2.33. The van der Waals surface area contributed by atoms with Crippen LogP contribution in [0.2, 0.25) is 0 Å². The van der Waals surface area contributed by atoms with E-state index in [1.54, 1.807) is 4.57 Å². The summed E-state index contributed by atoms with van der Waals surface area (Å²) in [6.07, 6.45) is 1.83. The molecular weight excluding hydrogens is 240 g/mol. The summed E-state index contributed by atoms with van der Waals surface area (Å²) in [5.74, 6) is 0.843. The maximum Gasteiger partial charge on any atom is 0.249 e. The monoisotopic (exact) mass is 260 g/mol. The SMILES string of the molecule is CCC(N)c1nnc(S(C)(=O)=O)n1CC(C)C. The van der Waals surface area contributed by atoms with Crippen molar-refractivity contribution >= 4 is 9.84 Å². The second-order valence-electron chi connectivity index (χ2n) is 4.63. The van der Waals surface area contributed by atoms with Crippen LogP contribution in [0.3, 0.4) is 0 Å². The third-order valence-electron chi connectivity index (χ3n) is 2.40. The van der Waals surface area contributed by atoms with Gasteiger partial charge in [0.05, 0.1) is 6.04 Å². The molecule has 0 aromatic carbocycles. The molecule has 6 nitrogen and oxygen atoms in total. The zero-order valence-corrected chi connectivity index (χ0v) is 11.5. The predicted octanol–water partition coefficient (Wildman–Crippen LogP) is 0.747. The number of hydrogen-bond acceptors (Lipinski definition) is 5. The zero-order valence-electron chi connectivity index (χ0n) is 10.7. The molecule has 1 rings (SSSR count). The largest absolute Gasteiger partial charge is 0.321 e. The Morgan fingerprint density at radius 2 is 1.94 bits per heavy atom. The van der Waals surface area contributed by atoms with Crippen LogP contribution in [0.5, 0.6) is 0 Å². The molecule has 0 amide bonds. The van der Waals surface area contributed by atoms with Crippen molar-refractivity contribution in [3.8, 4) is 0 Å². The van der Waals surface area contributed by atoms with E-state index >= 15 is 0 Å². The van der Waals surface area contributed by atoms with Crippen molar-refractivity contribution < 1.29 is 8.42 Å². The van der Waals surface area contributed by atoms with E-state index in [0.29, 0.717) is 24.7 Å². The molecule has 2 N–H and O–H groups in total. The molecule has 0 aliphatic rings. The van der Waals surface area contributed by atoms with Crippen LogP contribution in [0.25, 0.3) is 0 Å². The lowest BCUT2D eigenvalue weighted by Crippen LogP contribution is -2.20.